The number of urea groups is 1. The summed E-state index contributed by atoms with van der Waals surface area (Å²) in [5, 5.41) is 8.50. The zero-order chi connectivity index (χ0) is 17.9. The zero-order valence-corrected chi connectivity index (χ0v) is 13.8. The molecule has 2 heterocycles. The van der Waals surface area contributed by atoms with Crippen molar-refractivity contribution < 1.29 is 19.1 Å². The molecule has 0 radical (unpaired) electrons. The van der Waals surface area contributed by atoms with E-state index in [2.05, 4.69) is 20.4 Å². The molecule has 10 heteroatoms. The van der Waals surface area contributed by atoms with E-state index in [0.29, 0.717) is 0 Å². The third-order valence-electron chi connectivity index (χ3n) is 2.81. The summed E-state index contributed by atoms with van der Waals surface area (Å²) in [6, 6.07) is 1.01. The van der Waals surface area contributed by atoms with Gasteiger partial charge in [0, 0.05) is 17.4 Å². The van der Waals surface area contributed by atoms with Gasteiger partial charge in [-0.15, -0.1) is 5.10 Å². The van der Waals surface area contributed by atoms with E-state index >= 15 is 0 Å². The van der Waals surface area contributed by atoms with Crippen molar-refractivity contribution >= 4 is 23.7 Å². The highest BCUT2D eigenvalue weighted by molar-refractivity contribution is 5.96. The van der Waals surface area contributed by atoms with Gasteiger partial charge < -0.3 is 10.1 Å². The van der Waals surface area contributed by atoms with Crippen molar-refractivity contribution in [1.29, 1.82) is 0 Å². The Morgan fingerprint density at radius 1 is 1.25 bits per heavy atom. The Hall–Kier alpha value is -3.04. The molecule has 0 spiro atoms. The Balaban J connectivity index is 1.96. The van der Waals surface area contributed by atoms with Gasteiger partial charge in [0.25, 0.3) is 17.5 Å². The molecule has 0 fully saturated rings. The van der Waals surface area contributed by atoms with E-state index in [9.17, 15) is 14.4 Å². The minimum absolute atomic E-state index is 0.123. The topological polar surface area (TPSA) is 128 Å². The first-order valence-electron chi connectivity index (χ1n) is 7.24. The summed E-state index contributed by atoms with van der Waals surface area (Å²) in [6.45, 7) is 6.47. The SMILES string of the molecule is Cc1cc(C)n2nc(C(=O)OCC(=O)NC(=O)NC(C)C)nc2n1. The molecule has 2 rings (SSSR count). The maximum atomic E-state index is 11.9. The van der Waals surface area contributed by atoms with E-state index < -0.39 is 24.5 Å². The van der Waals surface area contributed by atoms with Crippen molar-refractivity contribution in [2.24, 2.45) is 0 Å². The van der Waals surface area contributed by atoms with Crippen molar-refractivity contribution in [3.8, 4) is 0 Å². The number of fused-ring (bicyclic) bond motifs is 1. The molecule has 0 unspecified atom stereocenters. The molecule has 0 aliphatic heterocycles. The number of hydrogen-bond acceptors (Lipinski definition) is 7. The van der Waals surface area contributed by atoms with Crippen LogP contribution in [0.25, 0.3) is 5.78 Å². The molecular weight excluding hydrogens is 316 g/mol. The number of imide groups is 1. The number of hydrogen-bond donors (Lipinski definition) is 2. The minimum Gasteiger partial charge on any atom is -0.450 e. The second-order valence-corrected chi connectivity index (χ2v) is 5.44. The number of esters is 1. The van der Waals surface area contributed by atoms with Crippen LogP contribution in [0.15, 0.2) is 6.07 Å². The van der Waals surface area contributed by atoms with Crippen LogP contribution in [-0.4, -0.2) is 50.1 Å². The van der Waals surface area contributed by atoms with Crippen molar-refractivity contribution in [1.82, 2.24) is 30.2 Å². The van der Waals surface area contributed by atoms with E-state index in [1.807, 2.05) is 5.32 Å². The van der Waals surface area contributed by atoms with Crippen LogP contribution in [-0.2, 0) is 9.53 Å². The quantitative estimate of drug-likeness (QED) is 0.761. The van der Waals surface area contributed by atoms with Gasteiger partial charge in [0.15, 0.2) is 6.61 Å². The molecule has 0 aliphatic carbocycles. The van der Waals surface area contributed by atoms with Crippen LogP contribution in [0.4, 0.5) is 4.79 Å². The summed E-state index contributed by atoms with van der Waals surface area (Å²) < 4.78 is 6.20. The molecule has 2 aromatic heterocycles. The molecule has 0 aliphatic rings. The maximum Gasteiger partial charge on any atom is 0.378 e. The lowest BCUT2D eigenvalue weighted by Gasteiger charge is -2.08. The van der Waals surface area contributed by atoms with Crippen molar-refractivity contribution in [3.63, 3.8) is 0 Å². The van der Waals surface area contributed by atoms with Gasteiger partial charge in [-0.25, -0.2) is 19.1 Å². The molecule has 2 aromatic rings. The Kier molecular flexibility index (Phi) is 5.07. The average molecular weight is 334 g/mol. The van der Waals surface area contributed by atoms with Crippen LogP contribution >= 0.6 is 0 Å². The van der Waals surface area contributed by atoms with Gasteiger partial charge in [-0.3, -0.25) is 10.1 Å². The predicted octanol–water partition coefficient (Wildman–Crippen LogP) is 0.132. The van der Waals surface area contributed by atoms with Crippen LogP contribution in [0.2, 0.25) is 0 Å². The fourth-order valence-corrected chi connectivity index (χ4v) is 1.91. The maximum absolute atomic E-state index is 11.9. The van der Waals surface area contributed by atoms with Gasteiger partial charge in [-0.05, 0) is 33.8 Å². The fourth-order valence-electron chi connectivity index (χ4n) is 1.91. The molecule has 0 atom stereocenters. The fraction of sp³-hybridized carbons (Fsp3) is 0.429. The monoisotopic (exact) mass is 334 g/mol. The van der Waals surface area contributed by atoms with E-state index in [4.69, 9.17) is 4.74 Å². The molecule has 10 nitrogen and oxygen atoms in total. The Bertz CT molecular complexity index is 798. The van der Waals surface area contributed by atoms with E-state index in [1.54, 1.807) is 33.8 Å². The average Bonchev–Trinajstić information content (AvgIpc) is 2.88. The summed E-state index contributed by atoms with van der Waals surface area (Å²) in [4.78, 5) is 42.9. The Morgan fingerprint density at radius 2 is 1.96 bits per heavy atom. The highest BCUT2D eigenvalue weighted by Crippen LogP contribution is 2.06. The van der Waals surface area contributed by atoms with E-state index in [1.165, 1.54) is 4.52 Å². The van der Waals surface area contributed by atoms with Crippen LogP contribution < -0.4 is 10.6 Å². The number of rotatable bonds is 4. The first-order valence-corrected chi connectivity index (χ1v) is 7.24. The van der Waals surface area contributed by atoms with Crippen molar-refractivity contribution in [2.75, 3.05) is 6.61 Å². The standard InChI is InChI=1S/C14H18N6O4/c1-7(2)15-14(23)17-10(21)6-24-12(22)11-18-13-16-8(3)5-9(4)20(13)19-11/h5,7H,6H2,1-4H3,(H2,15,17,21,23). The zero-order valence-electron chi connectivity index (χ0n) is 13.8. The predicted molar refractivity (Wildman–Crippen MR) is 82.3 cm³/mol. The molecular formula is C14H18N6O4. The Morgan fingerprint density at radius 3 is 2.62 bits per heavy atom. The van der Waals surface area contributed by atoms with Crippen LogP contribution in [0.3, 0.4) is 0 Å². The number of nitrogens with one attached hydrogen (secondary N) is 2. The smallest absolute Gasteiger partial charge is 0.378 e. The second kappa shape index (κ2) is 7.02. The van der Waals surface area contributed by atoms with E-state index in [0.717, 1.165) is 11.4 Å². The summed E-state index contributed by atoms with van der Waals surface area (Å²) >= 11 is 0. The first-order chi connectivity index (χ1) is 11.3. The summed E-state index contributed by atoms with van der Waals surface area (Å²) in [5.74, 6) is -1.58. The van der Waals surface area contributed by atoms with Gasteiger partial charge in [0.1, 0.15) is 0 Å². The summed E-state index contributed by atoms with van der Waals surface area (Å²) in [5.41, 5.74) is 1.50. The van der Waals surface area contributed by atoms with Crippen LogP contribution in [0.1, 0.15) is 35.9 Å². The Labute approximate surface area is 137 Å². The number of aromatic nitrogens is 4. The molecule has 0 saturated heterocycles. The van der Waals surface area contributed by atoms with Crippen molar-refractivity contribution in [3.05, 3.63) is 23.3 Å². The van der Waals surface area contributed by atoms with Gasteiger partial charge in [-0.2, -0.15) is 4.98 Å². The molecule has 128 valence electrons. The van der Waals surface area contributed by atoms with Crippen LogP contribution in [0, 0.1) is 13.8 Å². The van der Waals surface area contributed by atoms with Crippen molar-refractivity contribution in [2.45, 2.75) is 33.7 Å². The lowest BCUT2D eigenvalue weighted by atomic mass is 10.4. The minimum atomic E-state index is -0.878. The van der Waals surface area contributed by atoms with Crippen LogP contribution in [0.5, 0.6) is 0 Å². The molecule has 0 aromatic carbocycles. The molecule has 0 saturated carbocycles. The number of amides is 3. The number of aryl methyl sites for hydroxylation is 2. The molecule has 2 N–H and O–H groups in total. The summed E-state index contributed by atoms with van der Waals surface area (Å²) in [6.07, 6.45) is 0. The number of carbonyl (C=O) groups excluding carboxylic acids is 3. The third kappa shape index (κ3) is 4.24. The highest BCUT2D eigenvalue weighted by atomic mass is 16.5. The molecule has 0 bridgehead atoms. The van der Waals surface area contributed by atoms with Gasteiger partial charge in [0.2, 0.25) is 0 Å². The van der Waals surface area contributed by atoms with E-state index in [-0.39, 0.29) is 17.6 Å². The third-order valence-corrected chi connectivity index (χ3v) is 2.81. The number of ether oxygens (including phenoxy) is 1. The summed E-state index contributed by atoms with van der Waals surface area (Å²) in [7, 11) is 0. The first kappa shape index (κ1) is 17.3. The van der Waals surface area contributed by atoms with Gasteiger partial charge >= 0.3 is 12.0 Å². The molecule has 24 heavy (non-hydrogen) atoms. The van der Waals surface area contributed by atoms with Gasteiger partial charge in [-0.1, -0.05) is 0 Å². The second-order valence-electron chi connectivity index (χ2n) is 5.44. The number of nitrogens with zero attached hydrogens (tertiary/aromatic N) is 4. The van der Waals surface area contributed by atoms with Gasteiger partial charge in [0.05, 0.1) is 0 Å². The normalized spacial score (nSPS) is 10.7. The largest absolute Gasteiger partial charge is 0.450 e. The highest BCUT2D eigenvalue weighted by Gasteiger charge is 2.18. The lowest BCUT2D eigenvalue weighted by Crippen LogP contribution is -2.44. The number of carbonyl (C=O) groups is 3. The molecule has 3 amide bonds. The lowest BCUT2D eigenvalue weighted by molar-refractivity contribution is -0.123.